The Morgan fingerprint density at radius 2 is 2.00 bits per heavy atom. The van der Waals surface area contributed by atoms with Gasteiger partial charge < -0.3 is 4.74 Å². The summed E-state index contributed by atoms with van der Waals surface area (Å²) in [5.41, 5.74) is 2.12. The smallest absolute Gasteiger partial charge is 0.406 e. The van der Waals surface area contributed by atoms with Crippen LogP contribution in [0.4, 0.5) is 13.2 Å². The molecule has 5 heteroatoms. The average Bonchev–Trinajstić information content (AvgIpc) is 2.99. The van der Waals surface area contributed by atoms with Gasteiger partial charge in [0, 0.05) is 5.33 Å². The SMILES string of the molecule is FC(F)(F)Oc1ccc(C2CC2)c(CCBr)c1. The highest BCUT2D eigenvalue weighted by Crippen LogP contribution is 2.43. The van der Waals surface area contributed by atoms with Gasteiger partial charge in [0.1, 0.15) is 5.75 Å². The van der Waals surface area contributed by atoms with Crippen LogP contribution in [-0.4, -0.2) is 11.7 Å². The third-order valence-corrected chi connectivity index (χ3v) is 3.13. The van der Waals surface area contributed by atoms with Crippen LogP contribution < -0.4 is 4.74 Å². The fourth-order valence-corrected chi connectivity index (χ4v) is 2.32. The lowest BCUT2D eigenvalue weighted by Crippen LogP contribution is -2.17. The van der Waals surface area contributed by atoms with Gasteiger partial charge in [-0.3, -0.25) is 0 Å². The largest absolute Gasteiger partial charge is 0.573 e. The molecule has 0 aromatic heterocycles. The minimum Gasteiger partial charge on any atom is -0.406 e. The Bertz CT molecular complexity index is 399. The molecular formula is C12H12BrF3O. The van der Waals surface area contributed by atoms with E-state index in [0.717, 1.165) is 30.2 Å². The topological polar surface area (TPSA) is 9.23 Å². The number of aryl methyl sites for hydroxylation is 1. The Kier molecular flexibility index (Phi) is 3.66. The highest BCUT2D eigenvalue weighted by Gasteiger charge is 2.32. The molecule has 1 nitrogen and oxygen atoms in total. The van der Waals surface area contributed by atoms with E-state index in [0.29, 0.717) is 5.92 Å². The zero-order valence-electron chi connectivity index (χ0n) is 9.06. The maximum atomic E-state index is 12.1. The molecule has 1 saturated carbocycles. The van der Waals surface area contributed by atoms with Gasteiger partial charge >= 0.3 is 6.36 Å². The van der Waals surface area contributed by atoms with E-state index in [1.165, 1.54) is 17.7 Å². The lowest BCUT2D eigenvalue weighted by atomic mass is 10.0. The molecule has 0 unspecified atom stereocenters. The van der Waals surface area contributed by atoms with Crippen molar-refractivity contribution in [3.8, 4) is 5.75 Å². The molecule has 0 bridgehead atoms. The summed E-state index contributed by atoms with van der Waals surface area (Å²) in [7, 11) is 0. The Hall–Kier alpha value is -0.710. The summed E-state index contributed by atoms with van der Waals surface area (Å²) in [6.07, 6.45) is -1.63. The van der Waals surface area contributed by atoms with Crippen molar-refractivity contribution >= 4 is 15.9 Å². The molecule has 94 valence electrons. The van der Waals surface area contributed by atoms with Crippen LogP contribution in [0.2, 0.25) is 0 Å². The Morgan fingerprint density at radius 3 is 2.53 bits per heavy atom. The van der Waals surface area contributed by atoms with E-state index in [2.05, 4.69) is 20.7 Å². The third kappa shape index (κ3) is 3.63. The van der Waals surface area contributed by atoms with E-state index >= 15 is 0 Å². The molecule has 0 aliphatic heterocycles. The quantitative estimate of drug-likeness (QED) is 0.749. The number of hydrogen-bond acceptors (Lipinski definition) is 1. The van der Waals surface area contributed by atoms with Crippen LogP contribution >= 0.6 is 15.9 Å². The number of hydrogen-bond donors (Lipinski definition) is 0. The summed E-state index contributed by atoms with van der Waals surface area (Å²) < 4.78 is 40.2. The van der Waals surface area contributed by atoms with Crippen molar-refractivity contribution in [2.24, 2.45) is 0 Å². The first-order valence-electron chi connectivity index (χ1n) is 5.44. The first-order chi connectivity index (χ1) is 7.99. The van der Waals surface area contributed by atoms with Crippen LogP contribution in [0.25, 0.3) is 0 Å². The minimum absolute atomic E-state index is 0.127. The summed E-state index contributed by atoms with van der Waals surface area (Å²) in [5, 5.41) is 0.738. The highest BCUT2D eigenvalue weighted by molar-refractivity contribution is 9.09. The molecule has 17 heavy (non-hydrogen) atoms. The summed E-state index contributed by atoms with van der Waals surface area (Å²) in [5.74, 6) is 0.404. The third-order valence-electron chi connectivity index (χ3n) is 2.73. The van der Waals surface area contributed by atoms with Crippen LogP contribution in [0, 0.1) is 0 Å². The molecule has 0 N–H and O–H groups in total. The van der Waals surface area contributed by atoms with Gasteiger partial charge in [-0.2, -0.15) is 0 Å². The van der Waals surface area contributed by atoms with Gasteiger partial charge in [-0.05, 0) is 48.4 Å². The number of ether oxygens (including phenoxy) is 1. The molecule has 0 atom stereocenters. The second kappa shape index (κ2) is 4.88. The molecule has 0 amide bonds. The Morgan fingerprint density at radius 1 is 1.29 bits per heavy atom. The number of alkyl halides is 4. The molecule has 0 radical (unpaired) electrons. The van der Waals surface area contributed by atoms with Crippen molar-refractivity contribution in [3.63, 3.8) is 0 Å². The number of rotatable bonds is 4. The second-order valence-electron chi connectivity index (χ2n) is 4.12. The summed E-state index contributed by atoms with van der Waals surface area (Å²) in [4.78, 5) is 0. The van der Waals surface area contributed by atoms with Crippen LogP contribution in [0.3, 0.4) is 0 Å². The van der Waals surface area contributed by atoms with Gasteiger partial charge in [-0.1, -0.05) is 22.0 Å². The van der Waals surface area contributed by atoms with Gasteiger partial charge in [0.15, 0.2) is 0 Å². The molecule has 0 heterocycles. The van der Waals surface area contributed by atoms with Crippen molar-refractivity contribution in [2.45, 2.75) is 31.5 Å². The standard InChI is InChI=1S/C12H12BrF3O/c13-6-5-9-7-10(17-12(14,15)16)3-4-11(9)8-1-2-8/h3-4,7-8H,1-2,5-6H2. The maximum Gasteiger partial charge on any atom is 0.573 e. The first-order valence-corrected chi connectivity index (χ1v) is 6.56. The molecule has 2 rings (SSSR count). The fraction of sp³-hybridized carbons (Fsp3) is 0.500. The lowest BCUT2D eigenvalue weighted by molar-refractivity contribution is -0.274. The normalized spacial score (nSPS) is 16.0. The van der Waals surface area contributed by atoms with Crippen molar-refractivity contribution in [2.75, 3.05) is 5.33 Å². The number of benzene rings is 1. The minimum atomic E-state index is -4.62. The molecule has 1 aliphatic carbocycles. The van der Waals surface area contributed by atoms with Gasteiger partial charge in [-0.25, -0.2) is 0 Å². The molecule has 0 spiro atoms. The van der Waals surface area contributed by atoms with Crippen molar-refractivity contribution in [3.05, 3.63) is 29.3 Å². The van der Waals surface area contributed by atoms with E-state index in [1.54, 1.807) is 6.07 Å². The fourth-order valence-electron chi connectivity index (χ4n) is 1.89. The summed E-state index contributed by atoms with van der Waals surface area (Å²) in [6, 6.07) is 4.66. The van der Waals surface area contributed by atoms with Gasteiger partial charge in [-0.15, -0.1) is 13.2 Å². The van der Waals surface area contributed by atoms with Gasteiger partial charge in [0.2, 0.25) is 0 Å². The van der Waals surface area contributed by atoms with E-state index in [4.69, 9.17) is 0 Å². The average molecular weight is 309 g/mol. The predicted molar refractivity (Wildman–Crippen MR) is 62.6 cm³/mol. The Labute approximate surface area is 106 Å². The monoisotopic (exact) mass is 308 g/mol. The van der Waals surface area contributed by atoms with Crippen LogP contribution in [0.15, 0.2) is 18.2 Å². The van der Waals surface area contributed by atoms with E-state index in [9.17, 15) is 13.2 Å². The number of halogens is 4. The summed E-state index contributed by atoms with van der Waals surface area (Å²) >= 11 is 3.31. The van der Waals surface area contributed by atoms with Crippen LogP contribution in [0.1, 0.15) is 29.9 Å². The molecule has 1 fully saturated rings. The first kappa shape index (κ1) is 12.7. The zero-order valence-corrected chi connectivity index (χ0v) is 10.6. The molecular weight excluding hydrogens is 297 g/mol. The molecule has 1 aromatic carbocycles. The second-order valence-corrected chi connectivity index (χ2v) is 4.91. The van der Waals surface area contributed by atoms with E-state index in [1.807, 2.05) is 0 Å². The van der Waals surface area contributed by atoms with E-state index in [-0.39, 0.29) is 5.75 Å². The van der Waals surface area contributed by atoms with E-state index < -0.39 is 6.36 Å². The maximum absolute atomic E-state index is 12.1. The van der Waals surface area contributed by atoms with Gasteiger partial charge in [0.25, 0.3) is 0 Å². The lowest BCUT2D eigenvalue weighted by Gasteiger charge is -2.13. The van der Waals surface area contributed by atoms with Crippen molar-refractivity contribution < 1.29 is 17.9 Å². The Balaban J connectivity index is 2.22. The van der Waals surface area contributed by atoms with Crippen LogP contribution in [0.5, 0.6) is 5.75 Å². The molecule has 0 saturated heterocycles. The molecule has 1 aromatic rings. The molecule has 1 aliphatic rings. The van der Waals surface area contributed by atoms with Crippen molar-refractivity contribution in [1.82, 2.24) is 0 Å². The van der Waals surface area contributed by atoms with Gasteiger partial charge in [0.05, 0.1) is 0 Å². The van der Waals surface area contributed by atoms with Crippen molar-refractivity contribution in [1.29, 1.82) is 0 Å². The highest BCUT2D eigenvalue weighted by atomic mass is 79.9. The predicted octanol–water partition coefficient (Wildman–Crippen LogP) is 4.40. The van der Waals surface area contributed by atoms with Crippen LogP contribution in [-0.2, 0) is 6.42 Å². The zero-order chi connectivity index (χ0) is 12.5. The summed E-state index contributed by atoms with van der Waals surface area (Å²) in [6.45, 7) is 0.